The number of benzene rings is 1. The smallest absolute Gasteiger partial charge is 0.252 e. The molecule has 0 bridgehead atoms. The second kappa shape index (κ2) is 8.87. The average Bonchev–Trinajstić information content (AvgIpc) is 2.73. The molecule has 8 nitrogen and oxygen atoms in total. The molecule has 0 saturated carbocycles. The lowest BCUT2D eigenvalue weighted by molar-refractivity contribution is -0.121. The van der Waals surface area contributed by atoms with Crippen LogP contribution in [-0.4, -0.2) is 60.6 Å². The number of anilines is 1. The zero-order chi connectivity index (χ0) is 21.1. The number of amides is 1. The van der Waals surface area contributed by atoms with E-state index in [4.69, 9.17) is 4.74 Å². The van der Waals surface area contributed by atoms with E-state index in [0.717, 1.165) is 62.5 Å². The molecular formula is C22H29N5O3. The quantitative estimate of drug-likeness (QED) is 0.770. The van der Waals surface area contributed by atoms with Gasteiger partial charge in [-0.1, -0.05) is 12.1 Å². The summed E-state index contributed by atoms with van der Waals surface area (Å²) in [6, 6.07) is 7.04. The monoisotopic (exact) mass is 411 g/mol. The maximum absolute atomic E-state index is 12.6. The lowest BCUT2D eigenvalue weighted by Crippen LogP contribution is -2.45. The van der Waals surface area contributed by atoms with Gasteiger partial charge in [0.1, 0.15) is 5.75 Å². The first kappa shape index (κ1) is 20.4. The van der Waals surface area contributed by atoms with Crippen molar-refractivity contribution in [2.45, 2.75) is 32.2 Å². The minimum atomic E-state index is -0.355. The van der Waals surface area contributed by atoms with Crippen molar-refractivity contribution in [1.82, 2.24) is 20.2 Å². The van der Waals surface area contributed by atoms with E-state index in [2.05, 4.69) is 38.2 Å². The summed E-state index contributed by atoms with van der Waals surface area (Å²) in [5.74, 6) is 1.40. The molecule has 0 aliphatic carbocycles. The number of hydrogen-bond acceptors (Lipinski definition) is 6. The Bertz CT molecular complexity index is 965. The van der Waals surface area contributed by atoms with Gasteiger partial charge in [0.2, 0.25) is 11.9 Å². The Labute approximate surface area is 176 Å². The molecule has 1 atom stereocenters. The molecule has 160 valence electrons. The van der Waals surface area contributed by atoms with E-state index in [-0.39, 0.29) is 23.9 Å². The van der Waals surface area contributed by atoms with Crippen molar-refractivity contribution < 1.29 is 9.53 Å². The summed E-state index contributed by atoms with van der Waals surface area (Å²) in [6.45, 7) is 6.08. The Kier molecular flexibility index (Phi) is 6.03. The van der Waals surface area contributed by atoms with Crippen LogP contribution in [0.4, 0.5) is 5.95 Å². The lowest BCUT2D eigenvalue weighted by Gasteiger charge is -2.32. The van der Waals surface area contributed by atoms with Crippen LogP contribution >= 0.6 is 0 Å². The van der Waals surface area contributed by atoms with Gasteiger partial charge in [-0.3, -0.25) is 14.6 Å². The summed E-state index contributed by atoms with van der Waals surface area (Å²) in [4.78, 5) is 36.5. The van der Waals surface area contributed by atoms with E-state index in [0.29, 0.717) is 11.6 Å². The van der Waals surface area contributed by atoms with Crippen LogP contribution < -0.4 is 20.5 Å². The van der Waals surface area contributed by atoms with Crippen molar-refractivity contribution in [2.75, 3.05) is 44.7 Å². The molecule has 2 aliphatic rings. The standard InChI is InChI=1S/C22H29N5O3/c1-15(18-14-21(29)25-22(24-18)27-9-7-26(2)8-10-27)23-20(28)13-16-5-6-19-17(12-16)4-3-11-30-19/h5-6,12,14-15H,3-4,7-11,13H2,1-2H3,(H,23,28)(H,24,25,29)/t15-/m1/s1. The highest BCUT2D eigenvalue weighted by molar-refractivity contribution is 5.79. The number of nitrogens with zero attached hydrogens (tertiary/aromatic N) is 3. The van der Waals surface area contributed by atoms with E-state index >= 15 is 0 Å². The molecule has 2 aliphatic heterocycles. The third-order valence-corrected chi connectivity index (χ3v) is 5.71. The lowest BCUT2D eigenvalue weighted by atomic mass is 10.0. The number of H-pyrrole nitrogens is 1. The maximum atomic E-state index is 12.6. The summed E-state index contributed by atoms with van der Waals surface area (Å²) in [7, 11) is 2.08. The van der Waals surface area contributed by atoms with Gasteiger partial charge in [0.25, 0.3) is 5.56 Å². The number of fused-ring (bicyclic) bond motifs is 1. The van der Waals surface area contributed by atoms with E-state index in [1.165, 1.54) is 6.07 Å². The number of aromatic amines is 1. The number of carbonyl (C=O) groups is 1. The Morgan fingerprint density at radius 3 is 2.87 bits per heavy atom. The average molecular weight is 412 g/mol. The van der Waals surface area contributed by atoms with Gasteiger partial charge in [0.15, 0.2) is 0 Å². The normalized spacial score (nSPS) is 17.7. The predicted octanol–water partition coefficient (Wildman–Crippen LogP) is 1.27. The van der Waals surface area contributed by atoms with Gasteiger partial charge in [0.05, 0.1) is 24.8 Å². The molecule has 30 heavy (non-hydrogen) atoms. The first-order valence-corrected chi connectivity index (χ1v) is 10.6. The van der Waals surface area contributed by atoms with Gasteiger partial charge >= 0.3 is 0 Å². The third-order valence-electron chi connectivity index (χ3n) is 5.71. The molecule has 1 fully saturated rings. The Balaban J connectivity index is 1.41. The summed E-state index contributed by atoms with van der Waals surface area (Å²) < 4.78 is 5.64. The van der Waals surface area contributed by atoms with E-state index < -0.39 is 0 Å². The Hall–Kier alpha value is -2.87. The molecule has 0 unspecified atom stereocenters. The number of ether oxygens (including phenoxy) is 1. The second-order valence-electron chi connectivity index (χ2n) is 8.14. The highest BCUT2D eigenvalue weighted by Gasteiger charge is 2.19. The van der Waals surface area contributed by atoms with E-state index in [1.54, 1.807) is 0 Å². The molecular weight excluding hydrogens is 382 g/mol. The Morgan fingerprint density at radius 2 is 2.07 bits per heavy atom. The van der Waals surface area contributed by atoms with Gasteiger partial charge in [-0.2, -0.15) is 0 Å². The van der Waals surface area contributed by atoms with Crippen molar-refractivity contribution in [1.29, 1.82) is 0 Å². The SMILES string of the molecule is C[C@@H](NC(=O)Cc1ccc2c(c1)CCCO2)c1cc(=O)[nH]c(N2CCN(C)CC2)n1. The number of likely N-dealkylation sites (N-methyl/N-ethyl adjacent to an activating group) is 1. The molecule has 1 amide bonds. The molecule has 3 heterocycles. The predicted molar refractivity (Wildman–Crippen MR) is 115 cm³/mol. The van der Waals surface area contributed by atoms with Crippen molar-refractivity contribution in [3.63, 3.8) is 0 Å². The van der Waals surface area contributed by atoms with Crippen LogP contribution in [0.25, 0.3) is 0 Å². The van der Waals surface area contributed by atoms with Crippen LogP contribution in [0.5, 0.6) is 5.75 Å². The zero-order valence-corrected chi connectivity index (χ0v) is 17.6. The number of nitrogens with one attached hydrogen (secondary N) is 2. The molecule has 2 aromatic rings. The number of rotatable bonds is 5. The molecule has 1 aromatic heterocycles. The highest BCUT2D eigenvalue weighted by Crippen LogP contribution is 2.25. The second-order valence-corrected chi connectivity index (χ2v) is 8.14. The summed E-state index contributed by atoms with van der Waals surface area (Å²) >= 11 is 0. The Morgan fingerprint density at radius 1 is 1.27 bits per heavy atom. The first-order chi connectivity index (χ1) is 14.5. The van der Waals surface area contributed by atoms with E-state index in [1.807, 2.05) is 19.1 Å². The molecule has 0 radical (unpaired) electrons. The largest absolute Gasteiger partial charge is 0.493 e. The number of piperazine rings is 1. The van der Waals surface area contributed by atoms with Crippen LogP contribution in [0.3, 0.4) is 0 Å². The fourth-order valence-electron chi connectivity index (χ4n) is 3.93. The molecule has 1 saturated heterocycles. The minimum Gasteiger partial charge on any atom is -0.493 e. The van der Waals surface area contributed by atoms with E-state index in [9.17, 15) is 9.59 Å². The van der Waals surface area contributed by atoms with Crippen LogP contribution in [0.15, 0.2) is 29.1 Å². The summed E-state index contributed by atoms with van der Waals surface area (Å²) in [5.41, 5.74) is 2.48. The van der Waals surface area contributed by atoms with Crippen molar-refractivity contribution in [3.8, 4) is 5.75 Å². The van der Waals surface area contributed by atoms with Gasteiger partial charge < -0.3 is 19.9 Å². The van der Waals surface area contributed by atoms with Crippen molar-refractivity contribution >= 4 is 11.9 Å². The highest BCUT2D eigenvalue weighted by atomic mass is 16.5. The van der Waals surface area contributed by atoms with Crippen LogP contribution in [0, 0.1) is 0 Å². The molecule has 0 spiro atoms. The fourth-order valence-corrected chi connectivity index (χ4v) is 3.93. The first-order valence-electron chi connectivity index (χ1n) is 10.6. The van der Waals surface area contributed by atoms with Gasteiger partial charge in [-0.25, -0.2) is 4.98 Å². The van der Waals surface area contributed by atoms with Crippen LogP contribution in [0.2, 0.25) is 0 Å². The summed E-state index contributed by atoms with van der Waals surface area (Å²) in [5, 5.41) is 2.98. The van der Waals surface area contributed by atoms with Gasteiger partial charge in [-0.05, 0) is 44.0 Å². The number of carbonyl (C=O) groups excluding carboxylic acids is 1. The molecule has 8 heteroatoms. The molecule has 1 aromatic carbocycles. The number of aryl methyl sites for hydroxylation is 1. The third kappa shape index (κ3) is 4.81. The molecule has 2 N–H and O–H groups in total. The topological polar surface area (TPSA) is 90.6 Å². The van der Waals surface area contributed by atoms with Crippen molar-refractivity contribution in [3.05, 3.63) is 51.4 Å². The maximum Gasteiger partial charge on any atom is 0.252 e. The number of aromatic nitrogens is 2. The van der Waals surface area contributed by atoms with Gasteiger partial charge in [-0.15, -0.1) is 0 Å². The van der Waals surface area contributed by atoms with Crippen LogP contribution in [0.1, 0.15) is 36.2 Å². The minimum absolute atomic E-state index is 0.0950. The van der Waals surface area contributed by atoms with Crippen molar-refractivity contribution in [2.24, 2.45) is 0 Å². The molecule has 4 rings (SSSR count). The van der Waals surface area contributed by atoms with Gasteiger partial charge in [0, 0.05) is 32.2 Å². The number of hydrogen-bond donors (Lipinski definition) is 2. The summed E-state index contributed by atoms with van der Waals surface area (Å²) in [6.07, 6.45) is 2.27. The zero-order valence-electron chi connectivity index (χ0n) is 17.6. The van der Waals surface area contributed by atoms with Crippen LogP contribution in [-0.2, 0) is 17.6 Å². The fraction of sp³-hybridized carbons (Fsp3) is 0.500.